The average molecular weight is 409 g/mol. The first kappa shape index (κ1) is 15.1. The minimum absolute atomic E-state index is 0.607. The number of hydrogen-bond acceptors (Lipinski definition) is 1. The Labute approximate surface area is 143 Å². The van der Waals surface area contributed by atoms with Crippen molar-refractivity contribution in [2.75, 3.05) is 11.9 Å². The molecule has 0 saturated carbocycles. The number of nitrogens with one attached hydrogen (secondary N) is 1. The van der Waals surface area contributed by atoms with Crippen molar-refractivity contribution in [1.29, 1.82) is 0 Å². The summed E-state index contributed by atoms with van der Waals surface area (Å²) < 4.78 is 2.25. The van der Waals surface area contributed by atoms with E-state index in [2.05, 4.69) is 80.5 Å². The van der Waals surface area contributed by atoms with Crippen molar-refractivity contribution in [3.05, 3.63) is 62.0 Å². The number of benzene rings is 2. The topological polar surface area (TPSA) is 12.0 Å². The van der Waals surface area contributed by atoms with Gasteiger partial charge in [0.25, 0.3) is 0 Å². The van der Waals surface area contributed by atoms with Gasteiger partial charge >= 0.3 is 0 Å². The summed E-state index contributed by atoms with van der Waals surface area (Å²) in [6.45, 7) is 3.09. The van der Waals surface area contributed by atoms with E-state index in [-0.39, 0.29) is 0 Å². The SMILES string of the molecule is Cc1cc(Br)c(NCC2CCCc3ccccc32)c(Br)c1. The van der Waals surface area contributed by atoms with Crippen LogP contribution in [0.15, 0.2) is 45.3 Å². The van der Waals surface area contributed by atoms with E-state index in [0.717, 1.165) is 21.2 Å². The first-order chi connectivity index (χ1) is 10.1. The van der Waals surface area contributed by atoms with Crippen molar-refractivity contribution in [1.82, 2.24) is 0 Å². The van der Waals surface area contributed by atoms with Crippen molar-refractivity contribution < 1.29 is 0 Å². The molecule has 3 heteroatoms. The van der Waals surface area contributed by atoms with Crippen molar-refractivity contribution in [3.63, 3.8) is 0 Å². The molecule has 1 aliphatic carbocycles. The summed E-state index contributed by atoms with van der Waals surface area (Å²) in [5.41, 5.74) is 5.46. The Morgan fingerprint density at radius 2 is 1.86 bits per heavy atom. The van der Waals surface area contributed by atoms with Crippen molar-refractivity contribution in [2.45, 2.75) is 32.1 Å². The van der Waals surface area contributed by atoms with Gasteiger partial charge in [-0.3, -0.25) is 0 Å². The maximum Gasteiger partial charge on any atom is 0.0629 e. The molecule has 0 spiro atoms. The van der Waals surface area contributed by atoms with Gasteiger partial charge in [-0.25, -0.2) is 0 Å². The molecule has 2 aromatic rings. The highest BCUT2D eigenvalue weighted by atomic mass is 79.9. The van der Waals surface area contributed by atoms with E-state index < -0.39 is 0 Å². The van der Waals surface area contributed by atoms with E-state index in [1.165, 1.54) is 36.0 Å². The summed E-state index contributed by atoms with van der Waals surface area (Å²) >= 11 is 7.32. The Balaban J connectivity index is 1.78. The number of rotatable bonds is 3. The second-order valence-corrected chi connectivity index (χ2v) is 7.48. The second-order valence-electron chi connectivity index (χ2n) is 5.77. The van der Waals surface area contributed by atoms with E-state index in [4.69, 9.17) is 0 Å². The van der Waals surface area contributed by atoms with Crippen LogP contribution in [0.3, 0.4) is 0 Å². The number of anilines is 1. The van der Waals surface area contributed by atoms with E-state index >= 15 is 0 Å². The molecule has 2 aromatic carbocycles. The Hall–Kier alpha value is -0.800. The summed E-state index contributed by atoms with van der Waals surface area (Å²) in [7, 11) is 0. The lowest BCUT2D eigenvalue weighted by atomic mass is 9.83. The number of hydrogen-bond donors (Lipinski definition) is 1. The van der Waals surface area contributed by atoms with Crippen LogP contribution in [0.2, 0.25) is 0 Å². The molecule has 0 saturated heterocycles. The molecule has 21 heavy (non-hydrogen) atoms. The van der Waals surface area contributed by atoms with Gasteiger partial charge in [0, 0.05) is 21.4 Å². The third kappa shape index (κ3) is 3.35. The van der Waals surface area contributed by atoms with Crippen LogP contribution in [0.25, 0.3) is 0 Å². The summed E-state index contributed by atoms with van der Waals surface area (Å²) in [6, 6.07) is 13.2. The summed E-state index contributed by atoms with van der Waals surface area (Å²) in [4.78, 5) is 0. The molecular weight excluding hydrogens is 390 g/mol. The van der Waals surface area contributed by atoms with Gasteiger partial charge in [0.2, 0.25) is 0 Å². The maximum atomic E-state index is 3.66. The van der Waals surface area contributed by atoms with Gasteiger partial charge in [-0.05, 0) is 86.9 Å². The first-order valence-corrected chi connectivity index (χ1v) is 9.01. The second kappa shape index (κ2) is 6.53. The van der Waals surface area contributed by atoms with E-state index in [0.29, 0.717) is 5.92 Å². The number of halogens is 2. The van der Waals surface area contributed by atoms with Crippen LogP contribution >= 0.6 is 31.9 Å². The zero-order chi connectivity index (χ0) is 14.8. The van der Waals surface area contributed by atoms with Gasteiger partial charge in [0.05, 0.1) is 5.69 Å². The molecule has 0 aliphatic heterocycles. The van der Waals surface area contributed by atoms with Crippen LogP contribution in [-0.4, -0.2) is 6.54 Å². The molecule has 0 amide bonds. The molecule has 1 N–H and O–H groups in total. The molecule has 1 nitrogen and oxygen atoms in total. The Bertz CT molecular complexity index is 628. The van der Waals surface area contributed by atoms with Crippen LogP contribution < -0.4 is 5.32 Å². The Morgan fingerprint density at radius 3 is 2.62 bits per heavy atom. The zero-order valence-electron chi connectivity index (χ0n) is 12.1. The maximum absolute atomic E-state index is 3.66. The van der Waals surface area contributed by atoms with Gasteiger partial charge in [-0.1, -0.05) is 24.3 Å². The lowest BCUT2D eigenvalue weighted by Gasteiger charge is -2.26. The van der Waals surface area contributed by atoms with Crippen LogP contribution in [-0.2, 0) is 6.42 Å². The predicted molar refractivity (Wildman–Crippen MR) is 97.2 cm³/mol. The first-order valence-electron chi connectivity index (χ1n) is 7.42. The fraction of sp³-hybridized carbons (Fsp3) is 0.333. The fourth-order valence-corrected chi connectivity index (χ4v) is 4.86. The molecule has 0 bridgehead atoms. The van der Waals surface area contributed by atoms with Crippen molar-refractivity contribution >= 4 is 37.5 Å². The minimum atomic E-state index is 0.607. The van der Waals surface area contributed by atoms with Crippen LogP contribution in [0.4, 0.5) is 5.69 Å². The Morgan fingerprint density at radius 1 is 1.14 bits per heavy atom. The number of fused-ring (bicyclic) bond motifs is 1. The van der Waals surface area contributed by atoms with E-state index in [1.807, 2.05) is 0 Å². The van der Waals surface area contributed by atoms with Crippen molar-refractivity contribution in [3.8, 4) is 0 Å². The van der Waals surface area contributed by atoms with Gasteiger partial charge in [0.15, 0.2) is 0 Å². The zero-order valence-corrected chi connectivity index (χ0v) is 15.3. The monoisotopic (exact) mass is 407 g/mol. The lowest BCUT2D eigenvalue weighted by Crippen LogP contribution is -2.18. The summed E-state index contributed by atoms with van der Waals surface area (Å²) in [6.07, 6.45) is 3.79. The molecular formula is C18H19Br2N. The highest BCUT2D eigenvalue weighted by Crippen LogP contribution is 2.35. The standard InChI is InChI=1S/C18H19Br2N/c1-12-9-16(19)18(17(20)10-12)21-11-14-7-4-6-13-5-2-3-8-15(13)14/h2-3,5,8-10,14,21H,4,6-7,11H2,1H3. The summed E-state index contributed by atoms with van der Waals surface area (Å²) in [5.74, 6) is 0.607. The van der Waals surface area contributed by atoms with Gasteiger partial charge in [0.1, 0.15) is 0 Å². The van der Waals surface area contributed by atoms with Gasteiger partial charge in [-0.15, -0.1) is 0 Å². The number of aryl methyl sites for hydroxylation is 2. The predicted octanol–water partition coefficient (Wildman–Crippen LogP) is 6.05. The summed E-state index contributed by atoms with van der Waals surface area (Å²) in [5, 5.41) is 3.63. The highest BCUT2D eigenvalue weighted by Gasteiger charge is 2.20. The van der Waals surface area contributed by atoms with E-state index in [1.54, 1.807) is 0 Å². The molecule has 110 valence electrons. The molecule has 3 rings (SSSR count). The smallest absolute Gasteiger partial charge is 0.0629 e. The third-order valence-electron chi connectivity index (χ3n) is 4.21. The Kier molecular flexibility index (Phi) is 4.70. The average Bonchev–Trinajstić information content (AvgIpc) is 2.46. The molecule has 0 fully saturated rings. The minimum Gasteiger partial charge on any atom is -0.383 e. The normalized spacial score (nSPS) is 17.4. The van der Waals surface area contributed by atoms with Crippen LogP contribution in [0, 0.1) is 6.92 Å². The fourth-order valence-electron chi connectivity index (χ4n) is 3.16. The molecule has 1 aliphatic rings. The third-order valence-corrected chi connectivity index (χ3v) is 5.46. The molecule has 1 unspecified atom stereocenters. The molecule has 0 heterocycles. The van der Waals surface area contributed by atoms with Gasteiger partial charge < -0.3 is 5.32 Å². The lowest BCUT2D eigenvalue weighted by molar-refractivity contribution is 0.571. The largest absolute Gasteiger partial charge is 0.383 e. The highest BCUT2D eigenvalue weighted by molar-refractivity contribution is 9.11. The van der Waals surface area contributed by atoms with Crippen LogP contribution in [0.5, 0.6) is 0 Å². The molecule has 0 aromatic heterocycles. The van der Waals surface area contributed by atoms with Crippen molar-refractivity contribution in [2.24, 2.45) is 0 Å². The van der Waals surface area contributed by atoms with E-state index in [9.17, 15) is 0 Å². The van der Waals surface area contributed by atoms with Crippen LogP contribution in [0.1, 0.15) is 35.4 Å². The quantitative estimate of drug-likeness (QED) is 0.651. The molecule has 1 atom stereocenters. The van der Waals surface area contributed by atoms with Gasteiger partial charge in [-0.2, -0.15) is 0 Å². The molecule has 0 radical (unpaired) electrons.